The van der Waals surface area contributed by atoms with Gasteiger partial charge in [-0.15, -0.1) is 11.3 Å². The number of alkyl halides is 3. The molecule has 1 aromatic rings. The van der Waals surface area contributed by atoms with Crippen LogP contribution in [-0.2, 0) is 47.6 Å². The van der Waals surface area contributed by atoms with E-state index in [1.54, 1.807) is 0 Å². The van der Waals surface area contributed by atoms with Crippen LogP contribution in [0.1, 0.15) is 37.4 Å². The van der Waals surface area contributed by atoms with Gasteiger partial charge in [0.2, 0.25) is 18.2 Å². The van der Waals surface area contributed by atoms with Crippen LogP contribution in [0.4, 0.5) is 13.2 Å². The number of carbonyl (C=O) groups is 5. The molecule has 11 nitrogen and oxygen atoms in total. The summed E-state index contributed by atoms with van der Waals surface area (Å²) in [5, 5.41) is 1.48. The van der Waals surface area contributed by atoms with Crippen molar-refractivity contribution in [1.29, 1.82) is 0 Å². The highest BCUT2D eigenvalue weighted by atomic mass is 32.1. The average molecular weight is 552 g/mol. The van der Waals surface area contributed by atoms with Crippen LogP contribution < -0.4 is 0 Å². The van der Waals surface area contributed by atoms with Gasteiger partial charge in [-0.2, -0.15) is 13.2 Å². The van der Waals surface area contributed by atoms with Crippen LogP contribution in [0.15, 0.2) is 29.3 Å². The Morgan fingerprint density at radius 2 is 1.46 bits per heavy atom. The highest BCUT2D eigenvalue weighted by Gasteiger charge is 2.54. The second-order valence-electron chi connectivity index (χ2n) is 7.53. The lowest BCUT2D eigenvalue weighted by molar-refractivity contribution is -0.308. The molecule has 1 aliphatic heterocycles. The van der Waals surface area contributed by atoms with Crippen molar-refractivity contribution in [3.05, 3.63) is 34.2 Å². The number of thiophene rings is 1. The maximum Gasteiger partial charge on any atom is 0.449 e. The summed E-state index contributed by atoms with van der Waals surface area (Å²) in [6.07, 6.45) is -13.9. The Hall–Kier alpha value is -3.46. The number of carbonyl (C=O) groups excluding carboxylic acids is 5. The molecule has 0 aliphatic carbocycles. The van der Waals surface area contributed by atoms with Crippen molar-refractivity contribution in [1.82, 2.24) is 0 Å². The van der Waals surface area contributed by atoms with Crippen molar-refractivity contribution < 1.29 is 65.6 Å². The smallest absolute Gasteiger partial charge is 0.449 e. The van der Waals surface area contributed by atoms with Crippen molar-refractivity contribution in [3.8, 4) is 0 Å². The average Bonchev–Trinajstić information content (AvgIpc) is 3.29. The highest BCUT2D eigenvalue weighted by molar-refractivity contribution is 7.12. The monoisotopic (exact) mass is 552 g/mol. The molecule has 5 atom stereocenters. The molecule has 204 valence electrons. The fourth-order valence-electron chi connectivity index (χ4n) is 3.20. The summed E-state index contributed by atoms with van der Waals surface area (Å²) in [7, 11) is 0. The first-order chi connectivity index (χ1) is 17.2. The minimum Gasteiger partial charge on any atom is -0.463 e. The van der Waals surface area contributed by atoms with E-state index in [9.17, 15) is 37.1 Å². The van der Waals surface area contributed by atoms with Crippen molar-refractivity contribution >= 4 is 41.0 Å². The minimum absolute atomic E-state index is 0.0214. The normalized spacial score (nSPS) is 24.0. The Morgan fingerprint density at radius 1 is 0.892 bits per heavy atom. The summed E-state index contributed by atoms with van der Waals surface area (Å²) < 4.78 is 72.2. The van der Waals surface area contributed by atoms with Crippen LogP contribution in [0, 0.1) is 0 Å². The van der Waals surface area contributed by atoms with E-state index in [0.717, 1.165) is 39.0 Å². The van der Waals surface area contributed by atoms with Crippen molar-refractivity contribution in [2.75, 3.05) is 6.61 Å². The molecular formula is C22H23F3O11S. The lowest BCUT2D eigenvalue weighted by Crippen LogP contribution is -2.63. The Bertz CT molecular complexity index is 1040. The molecule has 15 heteroatoms. The summed E-state index contributed by atoms with van der Waals surface area (Å²) in [5.41, 5.74) is 0. The zero-order valence-electron chi connectivity index (χ0n) is 19.9. The van der Waals surface area contributed by atoms with E-state index < -0.39 is 78.9 Å². The molecule has 2 rings (SSSR count). The number of esters is 4. The van der Waals surface area contributed by atoms with E-state index in [4.69, 9.17) is 28.4 Å². The van der Waals surface area contributed by atoms with Gasteiger partial charge in [-0.1, -0.05) is 6.07 Å². The van der Waals surface area contributed by atoms with E-state index >= 15 is 0 Å². The molecule has 0 spiro atoms. The fraction of sp³-hybridized carbons (Fsp3) is 0.500. The Labute approximate surface area is 212 Å². The SMILES string of the molecule is CC(=O)OC[C@H]1OC(O/C(=C\C(=O)c2cccs2)C(F)(F)F)[C@H](OC(C)=O)[C@@H](OC(C)=O)[C@H]1OC(C)=O. The maximum atomic E-state index is 13.8. The molecular weight excluding hydrogens is 529 g/mol. The number of hydrogen-bond donors (Lipinski definition) is 0. The summed E-state index contributed by atoms with van der Waals surface area (Å²) in [6, 6.07) is 2.76. The van der Waals surface area contributed by atoms with E-state index in [1.807, 2.05) is 0 Å². The summed E-state index contributed by atoms with van der Waals surface area (Å²) in [6.45, 7) is 3.20. The molecule has 1 saturated heterocycles. The van der Waals surface area contributed by atoms with Gasteiger partial charge in [0.15, 0.2) is 18.0 Å². The topological polar surface area (TPSA) is 141 Å². The van der Waals surface area contributed by atoms with E-state index in [-0.39, 0.29) is 11.0 Å². The molecule has 1 unspecified atom stereocenters. The zero-order chi connectivity index (χ0) is 27.9. The number of hydrogen-bond acceptors (Lipinski definition) is 12. The third kappa shape index (κ3) is 8.86. The first kappa shape index (κ1) is 29.8. The van der Waals surface area contributed by atoms with Crippen LogP contribution >= 0.6 is 11.3 Å². The van der Waals surface area contributed by atoms with Crippen molar-refractivity contribution in [2.45, 2.75) is 64.6 Å². The Morgan fingerprint density at radius 3 is 1.95 bits per heavy atom. The van der Waals surface area contributed by atoms with Crippen LogP contribution in [-0.4, -0.2) is 73.1 Å². The van der Waals surface area contributed by atoms with Crippen LogP contribution in [0.5, 0.6) is 0 Å². The van der Waals surface area contributed by atoms with Gasteiger partial charge in [-0.05, 0) is 11.4 Å². The number of halogens is 3. The maximum absolute atomic E-state index is 13.8. The van der Waals surface area contributed by atoms with Crippen molar-refractivity contribution in [2.24, 2.45) is 0 Å². The zero-order valence-corrected chi connectivity index (χ0v) is 20.8. The molecule has 1 aliphatic rings. The van der Waals surface area contributed by atoms with E-state index in [1.165, 1.54) is 17.5 Å². The summed E-state index contributed by atoms with van der Waals surface area (Å²) in [5.74, 6) is -6.60. The van der Waals surface area contributed by atoms with Gasteiger partial charge in [0.1, 0.15) is 12.7 Å². The molecule has 1 aromatic heterocycles. The van der Waals surface area contributed by atoms with Gasteiger partial charge >= 0.3 is 30.1 Å². The first-order valence-corrected chi connectivity index (χ1v) is 11.4. The third-order valence-corrected chi connectivity index (χ3v) is 5.38. The highest BCUT2D eigenvalue weighted by Crippen LogP contribution is 2.35. The molecule has 0 amide bonds. The summed E-state index contributed by atoms with van der Waals surface area (Å²) >= 11 is 0.889. The lowest BCUT2D eigenvalue weighted by Gasteiger charge is -2.44. The van der Waals surface area contributed by atoms with Crippen LogP contribution in [0.25, 0.3) is 0 Å². The molecule has 2 heterocycles. The van der Waals surface area contributed by atoms with Crippen molar-refractivity contribution in [3.63, 3.8) is 0 Å². The Balaban J connectivity index is 2.55. The third-order valence-electron chi connectivity index (χ3n) is 4.50. The molecule has 0 radical (unpaired) electrons. The second kappa shape index (κ2) is 12.7. The minimum atomic E-state index is -5.22. The largest absolute Gasteiger partial charge is 0.463 e. The van der Waals surface area contributed by atoms with E-state index in [0.29, 0.717) is 0 Å². The van der Waals surface area contributed by atoms with Gasteiger partial charge in [0, 0.05) is 33.8 Å². The fourth-order valence-corrected chi connectivity index (χ4v) is 3.84. The number of ether oxygens (including phenoxy) is 6. The predicted molar refractivity (Wildman–Crippen MR) is 116 cm³/mol. The molecule has 37 heavy (non-hydrogen) atoms. The van der Waals surface area contributed by atoms with Gasteiger partial charge < -0.3 is 28.4 Å². The molecule has 0 N–H and O–H groups in total. The Kier molecular flexibility index (Phi) is 10.2. The van der Waals surface area contributed by atoms with Crippen LogP contribution in [0.3, 0.4) is 0 Å². The molecule has 1 fully saturated rings. The van der Waals surface area contributed by atoms with Gasteiger partial charge in [0.25, 0.3) is 0 Å². The van der Waals surface area contributed by atoms with E-state index in [2.05, 4.69) is 0 Å². The number of allylic oxidation sites excluding steroid dienone is 2. The molecule has 0 aromatic carbocycles. The number of rotatable bonds is 9. The first-order valence-electron chi connectivity index (χ1n) is 10.5. The van der Waals surface area contributed by atoms with Gasteiger partial charge in [-0.3, -0.25) is 24.0 Å². The quantitative estimate of drug-likeness (QED) is 0.147. The number of ketones is 1. The summed E-state index contributed by atoms with van der Waals surface area (Å²) in [4.78, 5) is 59.0. The van der Waals surface area contributed by atoms with Crippen LogP contribution in [0.2, 0.25) is 0 Å². The second-order valence-corrected chi connectivity index (χ2v) is 8.48. The van der Waals surface area contributed by atoms with Gasteiger partial charge in [0.05, 0.1) is 4.88 Å². The van der Waals surface area contributed by atoms with Gasteiger partial charge in [-0.25, -0.2) is 0 Å². The predicted octanol–water partition coefficient (Wildman–Crippen LogP) is 2.48. The molecule has 0 saturated carbocycles. The lowest BCUT2D eigenvalue weighted by atomic mass is 9.98. The molecule has 0 bridgehead atoms. The standard InChI is InChI=1S/C22H23F3O11S/c1-10(26)31-9-15-18(32-11(2)27)19(33-12(3)28)20(34-13(4)29)21(35-15)36-17(22(23,24)25)8-14(30)16-6-5-7-37-16/h5-8,15,18-21H,9H2,1-4H3/b17-8-/t15-,18+,19+,20-,21?/m1/s1.